The Bertz CT molecular complexity index is 916. The number of aryl methyl sites for hydroxylation is 2. The number of carbonyl (C=O) groups is 1. The van der Waals surface area contributed by atoms with E-state index in [1.54, 1.807) is 12.1 Å². The molecule has 1 N–H and O–H groups in total. The maximum Gasteiger partial charge on any atom is 0.230 e. The summed E-state index contributed by atoms with van der Waals surface area (Å²) in [6, 6.07) is 10.0. The molecule has 0 fully saturated rings. The summed E-state index contributed by atoms with van der Waals surface area (Å²) in [7, 11) is 0. The summed E-state index contributed by atoms with van der Waals surface area (Å²) >= 11 is 7.60. The fourth-order valence-corrected chi connectivity index (χ4v) is 3.75. The van der Waals surface area contributed by atoms with Crippen LogP contribution in [-0.4, -0.2) is 10.9 Å². The van der Waals surface area contributed by atoms with Crippen molar-refractivity contribution >= 4 is 34.5 Å². The molecule has 25 heavy (non-hydrogen) atoms. The predicted octanol–water partition coefficient (Wildman–Crippen LogP) is 5.40. The van der Waals surface area contributed by atoms with E-state index in [9.17, 15) is 9.18 Å². The number of rotatable bonds is 4. The van der Waals surface area contributed by atoms with E-state index < -0.39 is 0 Å². The second kappa shape index (κ2) is 7.33. The van der Waals surface area contributed by atoms with Crippen molar-refractivity contribution in [1.82, 2.24) is 4.98 Å². The van der Waals surface area contributed by atoms with Crippen LogP contribution in [0.1, 0.15) is 16.8 Å². The summed E-state index contributed by atoms with van der Waals surface area (Å²) < 4.78 is 13.3. The summed E-state index contributed by atoms with van der Waals surface area (Å²) in [5, 5.41) is 5.86. The molecule has 1 heterocycles. The molecule has 3 rings (SSSR count). The summed E-state index contributed by atoms with van der Waals surface area (Å²) in [6.07, 6.45) is 0.134. The van der Waals surface area contributed by atoms with Gasteiger partial charge in [0.15, 0.2) is 0 Å². The SMILES string of the molecule is Cc1cc(C)c(NC(=O)Cc2csc(-c3cccc(F)c3)n2)c(Cl)c1. The second-order valence-electron chi connectivity index (χ2n) is 5.82. The first-order valence-corrected chi connectivity index (χ1v) is 8.95. The standard InChI is InChI=1S/C19H16ClFN2OS/c1-11-6-12(2)18(16(20)7-11)23-17(24)9-15-10-25-19(22-15)13-4-3-5-14(21)8-13/h3-8,10H,9H2,1-2H3,(H,23,24). The Morgan fingerprint density at radius 3 is 2.80 bits per heavy atom. The predicted molar refractivity (Wildman–Crippen MR) is 101 cm³/mol. The lowest BCUT2D eigenvalue weighted by atomic mass is 10.1. The van der Waals surface area contributed by atoms with Gasteiger partial charge in [-0.3, -0.25) is 4.79 Å². The number of nitrogens with zero attached hydrogens (tertiary/aromatic N) is 1. The summed E-state index contributed by atoms with van der Waals surface area (Å²) in [6.45, 7) is 3.85. The molecule has 128 valence electrons. The number of hydrogen-bond donors (Lipinski definition) is 1. The van der Waals surface area contributed by atoms with E-state index in [0.29, 0.717) is 27.0 Å². The first-order valence-electron chi connectivity index (χ1n) is 7.69. The largest absolute Gasteiger partial charge is 0.324 e. The van der Waals surface area contributed by atoms with Gasteiger partial charge in [0.25, 0.3) is 0 Å². The zero-order valence-corrected chi connectivity index (χ0v) is 15.3. The second-order valence-corrected chi connectivity index (χ2v) is 7.08. The van der Waals surface area contributed by atoms with E-state index in [1.165, 1.54) is 23.5 Å². The lowest BCUT2D eigenvalue weighted by Crippen LogP contribution is -2.15. The third-order valence-corrected chi connectivity index (χ3v) is 4.90. The van der Waals surface area contributed by atoms with Crippen molar-refractivity contribution in [2.45, 2.75) is 20.3 Å². The van der Waals surface area contributed by atoms with Crippen LogP contribution >= 0.6 is 22.9 Å². The van der Waals surface area contributed by atoms with Crippen molar-refractivity contribution < 1.29 is 9.18 Å². The smallest absolute Gasteiger partial charge is 0.230 e. The number of carbonyl (C=O) groups excluding carboxylic acids is 1. The van der Waals surface area contributed by atoms with Crippen LogP contribution < -0.4 is 5.32 Å². The van der Waals surface area contributed by atoms with Crippen LogP contribution in [0.15, 0.2) is 41.8 Å². The molecule has 6 heteroatoms. The summed E-state index contributed by atoms with van der Waals surface area (Å²) in [4.78, 5) is 16.7. The van der Waals surface area contributed by atoms with Crippen molar-refractivity contribution in [2.75, 3.05) is 5.32 Å². The lowest BCUT2D eigenvalue weighted by Gasteiger charge is -2.11. The Balaban J connectivity index is 1.72. The molecule has 0 saturated heterocycles. The molecule has 0 aliphatic rings. The maximum absolute atomic E-state index is 13.3. The van der Waals surface area contributed by atoms with Crippen LogP contribution in [0.25, 0.3) is 10.6 Å². The van der Waals surface area contributed by atoms with Crippen LogP contribution in [0.3, 0.4) is 0 Å². The molecule has 0 bridgehead atoms. The molecular formula is C19H16ClFN2OS. The van der Waals surface area contributed by atoms with Gasteiger partial charge in [-0.25, -0.2) is 9.37 Å². The van der Waals surface area contributed by atoms with Gasteiger partial charge in [0, 0.05) is 10.9 Å². The maximum atomic E-state index is 13.3. The average Bonchev–Trinajstić information content (AvgIpc) is 2.99. The molecule has 0 unspecified atom stereocenters. The number of amides is 1. The minimum atomic E-state index is -0.309. The van der Waals surface area contributed by atoms with Gasteiger partial charge in [-0.15, -0.1) is 11.3 Å². The van der Waals surface area contributed by atoms with Crippen LogP contribution in [0.5, 0.6) is 0 Å². The number of anilines is 1. The highest BCUT2D eigenvalue weighted by atomic mass is 35.5. The van der Waals surface area contributed by atoms with Crippen molar-refractivity contribution in [3.63, 3.8) is 0 Å². The van der Waals surface area contributed by atoms with E-state index >= 15 is 0 Å². The van der Waals surface area contributed by atoms with Crippen LogP contribution in [0, 0.1) is 19.7 Å². The van der Waals surface area contributed by atoms with E-state index in [1.807, 2.05) is 31.4 Å². The number of hydrogen-bond acceptors (Lipinski definition) is 3. The van der Waals surface area contributed by atoms with Gasteiger partial charge < -0.3 is 5.32 Å². The Morgan fingerprint density at radius 1 is 1.28 bits per heavy atom. The molecule has 3 nitrogen and oxygen atoms in total. The number of halogens is 2. The van der Waals surface area contributed by atoms with Crippen molar-refractivity contribution in [1.29, 1.82) is 0 Å². The summed E-state index contributed by atoms with van der Waals surface area (Å²) in [5.74, 6) is -0.499. The third-order valence-electron chi connectivity index (χ3n) is 3.66. The van der Waals surface area contributed by atoms with Crippen molar-refractivity contribution in [3.8, 4) is 10.6 Å². The molecular weight excluding hydrogens is 359 g/mol. The minimum Gasteiger partial charge on any atom is -0.324 e. The van der Waals surface area contributed by atoms with Crippen molar-refractivity contribution in [2.24, 2.45) is 0 Å². The van der Waals surface area contributed by atoms with Crippen LogP contribution in [0.2, 0.25) is 5.02 Å². The molecule has 0 spiro atoms. The van der Waals surface area contributed by atoms with E-state index in [4.69, 9.17) is 11.6 Å². The highest BCUT2D eigenvalue weighted by Crippen LogP contribution is 2.28. The molecule has 0 saturated carbocycles. The molecule has 0 radical (unpaired) electrons. The Labute approximate surface area is 154 Å². The lowest BCUT2D eigenvalue weighted by molar-refractivity contribution is -0.115. The average molecular weight is 375 g/mol. The molecule has 0 aliphatic carbocycles. The van der Waals surface area contributed by atoms with Crippen molar-refractivity contribution in [3.05, 3.63) is 69.4 Å². The number of thiazole rings is 1. The van der Waals surface area contributed by atoms with Gasteiger partial charge in [-0.1, -0.05) is 29.8 Å². The van der Waals surface area contributed by atoms with Crippen LogP contribution in [0.4, 0.5) is 10.1 Å². The highest BCUT2D eigenvalue weighted by molar-refractivity contribution is 7.13. The number of nitrogens with one attached hydrogen (secondary N) is 1. The number of aromatic nitrogens is 1. The topological polar surface area (TPSA) is 42.0 Å². The quantitative estimate of drug-likeness (QED) is 0.664. The molecule has 0 aliphatic heterocycles. The Morgan fingerprint density at radius 2 is 2.08 bits per heavy atom. The normalized spacial score (nSPS) is 10.7. The van der Waals surface area contributed by atoms with Gasteiger partial charge in [-0.05, 0) is 43.2 Å². The Hall–Kier alpha value is -2.24. The first kappa shape index (κ1) is 17.6. The van der Waals surface area contributed by atoms with Gasteiger partial charge >= 0.3 is 0 Å². The van der Waals surface area contributed by atoms with E-state index in [0.717, 1.165) is 11.1 Å². The molecule has 1 amide bonds. The third kappa shape index (κ3) is 4.24. The van der Waals surface area contributed by atoms with Gasteiger partial charge in [-0.2, -0.15) is 0 Å². The fourth-order valence-electron chi connectivity index (χ4n) is 2.56. The zero-order chi connectivity index (χ0) is 18.0. The minimum absolute atomic E-state index is 0.134. The fraction of sp³-hybridized carbons (Fsp3) is 0.158. The van der Waals surface area contributed by atoms with Crippen LogP contribution in [-0.2, 0) is 11.2 Å². The monoisotopic (exact) mass is 374 g/mol. The molecule has 1 aromatic heterocycles. The first-order chi connectivity index (χ1) is 11.9. The highest BCUT2D eigenvalue weighted by Gasteiger charge is 2.13. The van der Waals surface area contributed by atoms with E-state index in [2.05, 4.69) is 10.3 Å². The van der Waals surface area contributed by atoms with Gasteiger partial charge in [0.1, 0.15) is 10.8 Å². The van der Waals surface area contributed by atoms with Gasteiger partial charge in [0.2, 0.25) is 5.91 Å². The molecule has 2 aromatic carbocycles. The zero-order valence-electron chi connectivity index (χ0n) is 13.8. The van der Waals surface area contributed by atoms with Gasteiger partial charge in [0.05, 0.1) is 22.8 Å². The van der Waals surface area contributed by atoms with E-state index in [-0.39, 0.29) is 18.1 Å². The Kier molecular flexibility index (Phi) is 5.16. The molecule has 0 atom stereocenters. The molecule has 3 aromatic rings. The number of benzene rings is 2. The summed E-state index contributed by atoms with van der Waals surface area (Å²) in [5.41, 5.74) is 3.92.